The number of carbonyl (C=O) groups excluding carboxylic acids is 1. The monoisotopic (exact) mass is 343 g/mol. The van der Waals surface area contributed by atoms with Crippen LogP contribution in [0.25, 0.3) is 0 Å². The number of nitrogens with zero attached hydrogens (tertiary/aromatic N) is 4. The van der Waals surface area contributed by atoms with E-state index in [1.54, 1.807) is 29.3 Å². The molecule has 25 heavy (non-hydrogen) atoms. The maximum absolute atomic E-state index is 12.5. The second kappa shape index (κ2) is 8.09. The average molecular weight is 343 g/mol. The van der Waals surface area contributed by atoms with E-state index in [0.717, 1.165) is 12.8 Å². The van der Waals surface area contributed by atoms with Gasteiger partial charge in [0.15, 0.2) is 0 Å². The molecular formula is C18H25N5O2. The molecule has 1 aliphatic rings. The van der Waals surface area contributed by atoms with E-state index in [9.17, 15) is 4.79 Å². The van der Waals surface area contributed by atoms with Crippen molar-refractivity contribution >= 4 is 5.91 Å². The highest BCUT2D eigenvalue weighted by molar-refractivity contribution is 5.94. The van der Waals surface area contributed by atoms with Gasteiger partial charge in [-0.2, -0.15) is 5.10 Å². The van der Waals surface area contributed by atoms with Crippen molar-refractivity contribution in [3.63, 3.8) is 0 Å². The van der Waals surface area contributed by atoms with Gasteiger partial charge < -0.3 is 10.1 Å². The topological polar surface area (TPSA) is 81.9 Å². The van der Waals surface area contributed by atoms with E-state index in [1.807, 2.05) is 0 Å². The van der Waals surface area contributed by atoms with Gasteiger partial charge in [-0.15, -0.1) is 0 Å². The lowest BCUT2D eigenvalue weighted by atomic mass is 10.0. The Morgan fingerprint density at radius 2 is 2.16 bits per heavy atom. The van der Waals surface area contributed by atoms with Crippen molar-refractivity contribution in [2.75, 3.05) is 0 Å². The molecule has 1 saturated carbocycles. The summed E-state index contributed by atoms with van der Waals surface area (Å²) in [6, 6.07) is 3.50. The first-order valence-corrected chi connectivity index (χ1v) is 8.88. The standard InChI is InChI=1S/C18H25N5O2/c1-13(2)16(10-23-12-19-11-21-23)22-18(24)14-7-8-17(20-9-14)25-15-5-3-4-6-15/h7-9,11-13,15-16H,3-6,10H2,1-2H3,(H,22,24)/t16-/m0/s1. The first-order valence-electron chi connectivity index (χ1n) is 8.88. The Hall–Kier alpha value is -2.44. The molecule has 7 heteroatoms. The Kier molecular flexibility index (Phi) is 5.63. The van der Waals surface area contributed by atoms with Crippen LogP contribution in [0.15, 0.2) is 31.0 Å². The average Bonchev–Trinajstić information content (AvgIpc) is 3.28. The van der Waals surface area contributed by atoms with E-state index in [0.29, 0.717) is 18.0 Å². The lowest BCUT2D eigenvalue weighted by molar-refractivity contribution is 0.0919. The van der Waals surface area contributed by atoms with Crippen LogP contribution in [0, 0.1) is 5.92 Å². The van der Waals surface area contributed by atoms with Crippen molar-refractivity contribution in [2.24, 2.45) is 5.92 Å². The molecule has 0 unspecified atom stereocenters. The molecule has 0 bridgehead atoms. The Morgan fingerprint density at radius 3 is 2.76 bits per heavy atom. The molecule has 0 spiro atoms. The smallest absolute Gasteiger partial charge is 0.253 e. The van der Waals surface area contributed by atoms with Gasteiger partial charge in [0.1, 0.15) is 18.8 Å². The maximum atomic E-state index is 12.5. The van der Waals surface area contributed by atoms with Crippen LogP contribution in [0.3, 0.4) is 0 Å². The minimum Gasteiger partial charge on any atom is -0.474 e. The Labute approximate surface area is 147 Å². The number of nitrogens with one attached hydrogen (secondary N) is 1. The summed E-state index contributed by atoms with van der Waals surface area (Å²) in [6.07, 6.45) is 9.59. The fourth-order valence-electron chi connectivity index (χ4n) is 2.96. The fourth-order valence-corrected chi connectivity index (χ4v) is 2.96. The summed E-state index contributed by atoms with van der Waals surface area (Å²) in [4.78, 5) is 20.7. The van der Waals surface area contributed by atoms with E-state index >= 15 is 0 Å². The van der Waals surface area contributed by atoms with Crippen molar-refractivity contribution < 1.29 is 9.53 Å². The highest BCUT2D eigenvalue weighted by atomic mass is 16.5. The number of hydrogen-bond donors (Lipinski definition) is 1. The molecule has 0 saturated heterocycles. The number of aromatic nitrogens is 4. The number of rotatable bonds is 7. The third-order valence-corrected chi connectivity index (χ3v) is 4.56. The zero-order valence-corrected chi connectivity index (χ0v) is 14.8. The van der Waals surface area contributed by atoms with Crippen LogP contribution in [-0.2, 0) is 6.54 Å². The second-order valence-corrected chi connectivity index (χ2v) is 6.85. The van der Waals surface area contributed by atoms with Crippen LogP contribution in [-0.4, -0.2) is 37.8 Å². The zero-order chi connectivity index (χ0) is 17.6. The molecule has 1 atom stereocenters. The Balaban J connectivity index is 1.59. The summed E-state index contributed by atoms with van der Waals surface area (Å²) in [5.74, 6) is 0.719. The summed E-state index contributed by atoms with van der Waals surface area (Å²) >= 11 is 0. The van der Waals surface area contributed by atoms with Gasteiger partial charge in [-0.05, 0) is 37.7 Å². The van der Waals surface area contributed by atoms with Gasteiger partial charge >= 0.3 is 0 Å². The lowest BCUT2D eigenvalue weighted by Gasteiger charge is -2.22. The molecular weight excluding hydrogens is 318 g/mol. The minimum absolute atomic E-state index is 0.0383. The first-order chi connectivity index (χ1) is 12.1. The molecule has 0 aromatic carbocycles. The highest BCUT2D eigenvalue weighted by Gasteiger charge is 2.20. The van der Waals surface area contributed by atoms with Crippen molar-refractivity contribution in [3.05, 3.63) is 36.5 Å². The predicted molar refractivity (Wildman–Crippen MR) is 93.2 cm³/mol. The van der Waals surface area contributed by atoms with Crippen LogP contribution in [0.1, 0.15) is 49.9 Å². The second-order valence-electron chi connectivity index (χ2n) is 6.85. The molecule has 1 aliphatic carbocycles. The van der Waals surface area contributed by atoms with E-state index in [4.69, 9.17) is 4.74 Å². The third kappa shape index (κ3) is 4.78. The largest absolute Gasteiger partial charge is 0.474 e. The summed E-state index contributed by atoms with van der Waals surface area (Å²) in [5, 5.41) is 7.16. The van der Waals surface area contributed by atoms with Gasteiger partial charge in [0.25, 0.3) is 5.91 Å². The predicted octanol–water partition coefficient (Wildman–Crippen LogP) is 2.45. The molecule has 0 aliphatic heterocycles. The normalized spacial score (nSPS) is 16.1. The Bertz CT molecular complexity index is 663. The molecule has 2 aromatic rings. The number of ether oxygens (including phenoxy) is 1. The van der Waals surface area contributed by atoms with Crippen molar-refractivity contribution in [1.82, 2.24) is 25.1 Å². The van der Waals surface area contributed by atoms with Crippen LogP contribution in [0.4, 0.5) is 0 Å². The molecule has 2 aromatic heterocycles. The molecule has 134 valence electrons. The molecule has 0 radical (unpaired) electrons. The van der Waals surface area contributed by atoms with Crippen molar-refractivity contribution in [3.8, 4) is 5.88 Å². The van der Waals surface area contributed by atoms with Gasteiger partial charge in [-0.1, -0.05) is 13.8 Å². The number of amides is 1. The summed E-state index contributed by atoms with van der Waals surface area (Å²) in [7, 11) is 0. The molecule has 3 rings (SSSR count). The zero-order valence-electron chi connectivity index (χ0n) is 14.8. The van der Waals surface area contributed by atoms with Crippen LogP contribution in [0.5, 0.6) is 5.88 Å². The van der Waals surface area contributed by atoms with Gasteiger partial charge in [0.2, 0.25) is 5.88 Å². The number of pyridine rings is 1. The molecule has 1 amide bonds. The lowest BCUT2D eigenvalue weighted by Crippen LogP contribution is -2.41. The van der Waals surface area contributed by atoms with E-state index in [2.05, 4.69) is 34.2 Å². The minimum atomic E-state index is -0.140. The van der Waals surface area contributed by atoms with Crippen molar-refractivity contribution in [1.29, 1.82) is 0 Å². The van der Waals surface area contributed by atoms with Gasteiger partial charge in [-0.3, -0.25) is 9.48 Å². The van der Waals surface area contributed by atoms with Crippen molar-refractivity contribution in [2.45, 2.75) is 58.2 Å². The number of carbonyl (C=O) groups is 1. The quantitative estimate of drug-likeness (QED) is 0.835. The Morgan fingerprint density at radius 1 is 1.36 bits per heavy atom. The van der Waals surface area contributed by atoms with Crippen LogP contribution >= 0.6 is 0 Å². The van der Waals surface area contributed by atoms with Gasteiger partial charge in [0, 0.05) is 12.3 Å². The molecule has 2 heterocycles. The molecule has 7 nitrogen and oxygen atoms in total. The summed E-state index contributed by atoms with van der Waals surface area (Å²) in [5.41, 5.74) is 0.531. The van der Waals surface area contributed by atoms with Crippen LogP contribution in [0.2, 0.25) is 0 Å². The SMILES string of the molecule is CC(C)[C@H](Cn1cncn1)NC(=O)c1ccc(OC2CCCC2)nc1. The number of hydrogen-bond acceptors (Lipinski definition) is 5. The van der Waals surface area contributed by atoms with Gasteiger partial charge in [0.05, 0.1) is 18.2 Å². The van der Waals surface area contributed by atoms with Gasteiger partial charge in [-0.25, -0.2) is 9.97 Å². The van der Waals surface area contributed by atoms with E-state index < -0.39 is 0 Å². The maximum Gasteiger partial charge on any atom is 0.253 e. The highest BCUT2D eigenvalue weighted by Crippen LogP contribution is 2.22. The fraction of sp³-hybridized carbons (Fsp3) is 0.556. The van der Waals surface area contributed by atoms with Crippen LogP contribution < -0.4 is 10.1 Å². The first kappa shape index (κ1) is 17.4. The summed E-state index contributed by atoms with van der Waals surface area (Å²) < 4.78 is 7.56. The molecule has 1 N–H and O–H groups in total. The van der Waals surface area contributed by atoms with E-state index in [1.165, 1.54) is 19.2 Å². The summed E-state index contributed by atoms with van der Waals surface area (Å²) in [6.45, 7) is 4.72. The third-order valence-electron chi connectivity index (χ3n) is 4.56. The molecule has 1 fully saturated rings. The van der Waals surface area contributed by atoms with E-state index in [-0.39, 0.29) is 24.0 Å².